The smallest absolute Gasteiger partial charge is 0.121 e. The van der Waals surface area contributed by atoms with E-state index in [1.807, 2.05) is 18.2 Å². The maximum absolute atomic E-state index is 5.89. The summed E-state index contributed by atoms with van der Waals surface area (Å²) in [5.41, 5.74) is 3.31. The molecule has 124 valence electrons. The minimum atomic E-state index is 0.713. The first-order chi connectivity index (χ1) is 11.9. The summed E-state index contributed by atoms with van der Waals surface area (Å²) in [5, 5.41) is 0. The minimum Gasteiger partial charge on any atom is -0.492 e. The lowest BCUT2D eigenvalue weighted by Crippen LogP contribution is -2.47. The molecule has 0 unspecified atom stereocenters. The van der Waals surface area contributed by atoms with E-state index in [1.165, 1.54) is 5.69 Å². The van der Waals surface area contributed by atoms with Gasteiger partial charge in [0.15, 0.2) is 0 Å². The quantitative estimate of drug-likeness (QED) is 0.784. The minimum absolute atomic E-state index is 0.713. The van der Waals surface area contributed by atoms with Gasteiger partial charge in [0, 0.05) is 44.5 Å². The van der Waals surface area contributed by atoms with Crippen LogP contribution in [0.3, 0.4) is 0 Å². The fourth-order valence-electron chi connectivity index (χ4n) is 3.17. The highest BCUT2D eigenvalue weighted by Gasteiger charge is 2.16. The lowest BCUT2D eigenvalue weighted by atomic mass is 10.2. The van der Waals surface area contributed by atoms with Crippen LogP contribution in [0.4, 0.5) is 5.69 Å². The molecule has 1 N–H and O–H groups in total. The van der Waals surface area contributed by atoms with Crippen molar-refractivity contribution in [3.05, 3.63) is 54.9 Å². The van der Waals surface area contributed by atoms with Crippen molar-refractivity contribution >= 4 is 16.7 Å². The molecule has 0 radical (unpaired) electrons. The number of H-pyrrole nitrogens is 1. The lowest BCUT2D eigenvalue weighted by Gasteiger charge is -2.36. The van der Waals surface area contributed by atoms with Crippen LogP contribution in [0.2, 0.25) is 0 Å². The molecule has 1 saturated heterocycles. The topological polar surface area (TPSA) is 44.4 Å². The van der Waals surface area contributed by atoms with Gasteiger partial charge in [0.1, 0.15) is 12.4 Å². The van der Waals surface area contributed by atoms with E-state index < -0.39 is 0 Å². The first-order valence-electron chi connectivity index (χ1n) is 8.47. The van der Waals surface area contributed by atoms with Gasteiger partial charge in [0.05, 0.1) is 17.4 Å². The Balaban J connectivity index is 1.24. The Morgan fingerprint density at radius 3 is 2.67 bits per heavy atom. The van der Waals surface area contributed by atoms with Crippen LogP contribution in [0, 0.1) is 0 Å². The molecule has 0 spiro atoms. The number of aromatic amines is 1. The van der Waals surface area contributed by atoms with Crippen LogP contribution < -0.4 is 9.64 Å². The Kier molecular flexibility index (Phi) is 4.34. The molecule has 5 heteroatoms. The third kappa shape index (κ3) is 3.36. The van der Waals surface area contributed by atoms with E-state index in [4.69, 9.17) is 4.74 Å². The molecule has 2 aromatic carbocycles. The number of anilines is 1. The third-order valence-corrected chi connectivity index (χ3v) is 4.56. The van der Waals surface area contributed by atoms with E-state index in [0.717, 1.165) is 49.5 Å². The van der Waals surface area contributed by atoms with Crippen molar-refractivity contribution in [2.45, 2.75) is 0 Å². The summed E-state index contributed by atoms with van der Waals surface area (Å²) in [6, 6.07) is 16.6. The molecule has 1 aromatic heterocycles. The van der Waals surface area contributed by atoms with E-state index >= 15 is 0 Å². The number of fused-ring (bicyclic) bond motifs is 1. The zero-order chi connectivity index (χ0) is 16.2. The van der Waals surface area contributed by atoms with E-state index in [-0.39, 0.29) is 0 Å². The molecule has 0 saturated carbocycles. The maximum Gasteiger partial charge on any atom is 0.121 e. The van der Waals surface area contributed by atoms with E-state index in [2.05, 4.69) is 50.1 Å². The highest BCUT2D eigenvalue weighted by Crippen LogP contribution is 2.18. The number of imidazole rings is 1. The summed E-state index contributed by atoms with van der Waals surface area (Å²) in [7, 11) is 0. The SMILES string of the molecule is c1ccc(N2CCN(CCOc3ccc4nc[nH]c4c3)CC2)cc1. The Hall–Kier alpha value is -2.53. The number of piperazine rings is 1. The Bertz CT molecular complexity index is 778. The zero-order valence-electron chi connectivity index (χ0n) is 13.7. The van der Waals surface area contributed by atoms with Gasteiger partial charge in [-0.05, 0) is 24.3 Å². The summed E-state index contributed by atoms with van der Waals surface area (Å²) in [4.78, 5) is 12.2. The molecule has 24 heavy (non-hydrogen) atoms. The van der Waals surface area contributed by atoms with Gasteiger partial charge in [-0.2, -0.15) is 0 Å². The predicted octanol–water partition coefficient (Wildman–Crippen LogP) is 2.76. The number of benzene rings is 2. The van der Waals surface area contributed by atoms with Crippen LogP contribution in [0.15, 0.2) is 54.9 Å². The van der Waals surface area contributed by atoms with Gasteiger partial charge >= 0.3 is 0 Å². The molecule has 1 aliphatic rings. The van der Waals surface area contributed by atoms with Crippen LogP contribution in [0.1, 0.15) is 0 Å². The average molecular weight is 322 g/mol. The van der Waals surface area contributed by atoms with Crippen LogP contribution in [-0.2, 0) is 0 Å². The number of para-hydroxylation sites is 1. The van der Waals surface area contributed by atoms with Crippen LogP contribution in [0.5, 0.6) is 5.75 Å². The molecule has 4 rings (SSSR count). The van der Waals surface area contributed by atoms with E-state index in [9.17, 15) is 0 Å². The van der Waals surface area contributed by atoms with Crippen LogP contribution >= 0.6 is 0 Å². The maximum atomic E-state index is 5.89. The largest absolute Gasteiger partial charge is 0.492 e. The highest BCUT2D eigenvalue weighted by molar-refractivity contribution is 5.75. The zero-order valence-corrected chi connectivity index (χ0v) is 13.7. The number of ether oxygens (including phenoxy) is 1. The van der Waals surface area contributed by atoms with Crippen LogP contribution in [0.25, 0.3) is 11.0 Å². The summed E-state index contributed by atoms with van der Waals surface area (Å²) in [6.07, 6.45) is 1.71. The molecule has 0 aliphatic carbocycles. The second-order valence-electron chi connectivity index (χ2n) is 6.09. The number of aromatic nitrogens is 2. The molecular formula is C19H22N4O. The number of hydrogen-bond acceptors (Lipinski definition) is 4. The molecular weight excluding hydrogens is 300 g/mol. The second kappa shape index (κ2) is 6.93. The predicted molar refractivity (Wildman–Crippen MR) is 96.7 cm³/mol. The summed E-state index contributed by atoms with van der Waals surface area (Å²) in [6.45, 7) is 5.98. The average Bonchev–Trinajstić information content (AvgIpc) is 3.11. The van der Waals surface area contributed by atoms with Crippen molar-refractivity contribution in [3.63, 3.8) is 0 Å². The lowest BCUT2D eigenvalue weighted by molar-refractivity contribution is 0.200. The molecule has 1 aliphatic heterocycles. The van der Waals surface area contributed by atoms with Crippen molar-refractivity contribution < 1.29 is 4.74 Å². The first-order valence-corrected chi connectivity index (χ1v) is 8.47. The Morgan fingerprint density at radius 2 is 1.83 bits per heavy atom. The standard InChI is InChI=1S/C19H22N4O/c1-2-4-16(5-3-1)23-10-8-22(9-11-23)12-13-24-17-6-7-18-19(14-17)21-15-20-18/h1-7,14-15H,8-13H2,(H,20,21). The van der Waals surface area contributed by atoms with Crippen molar-refractivity contribution in [2.24, 2.45) is 0 Å². The van der Waals surface area contributed by atoms with Crippen molar-refractivity contribution in [1.29, 1.82) is 0 Å². The monoisotopic (exact) mass is 322 g/mol. The molecule has 1 fully saturated rings. The van der Waals surface area contributed by atoms with E-state index in [0.29, 0.717) is 6.61 Å². The molecule has 0 bridgehead atoms. The molecule has 0 amide bonds. The summed E-state index contributed by atoms with van der Waals surface area (Å²) < 4.78 is 5.89. The van der Waals surface area contributed by atoms with Crippen molar-refractivity contribution in [2.75, 3.05) is 44.2 Å². The van der Waals surface area contributed by atoms with Gasteiger partial charge in [-0.15, -0.1) is 0 Å². The normalized spacial score (nSPS) is 15.8. The molecule has 3 aromatic rings. The van der Waals surface area contributed by atoms with Crippen molar-refractivity contribution in [3.8, 4) is 5.75 Å². The number of hydrogen-bond donors (Lipinski definition) is 1. The van der Waals surface area contributed by atoms with Crippen LogP contribution in [-0.4, -0.2) is 54.2 Å². The first kappa shape index (κ1) is 15.0. The van der Waals surface area contributed by atoms with Gasteiger partial charge in [0.25, 0.3) is 0 Å². The highest BCUT2D eigenvalue weighted by atomic mass is 16.5. The molecule has 2 heterocycles. The van der Waals surface area contributed by atoms with Crippen molar-refractivity contribution in [1.82, 2.24) is 14.9 Å². The molecule has 0 atom stereocenters. The molecule has 5 nitrogen and oxygen atoms in total. The number of nitrogens with zero attached hydrogens (tertiary/aromatic N) is 3. The summed E-state index contributed by atoms with van der Waals surface area (Å²) >= 11 is 0. The Labute approximate surface area is 141 Å². The van der Waals surface area contributed by atoms with Gasteiger partial charge in [-0.1, -0.05) is 18.2 Å². The number of nitrogens with one attached hydrogen (secondary N) is 1. The Morgan fingerprint density at radius 1 is 1.00 bits per heavy atom. The van der Waals surface area contributed by atoms with Gasteiger partial charge in [-0.3, -0.25) is 4.90 Å². The number of rotatable bonds is 5. The fourth-order valence-corrected chi connectivity index (χ4v) is 3.17. The van der Waals surface area contributed by atoms with Gasteiger partial charge in [-0.25, -0.2) is 4.98 Å². The van der Waals surface area contributed by atoms with Gasteiger partial charge in [0.2, 0.25) is 0 Å². The second-order valence-corrected chi connectivity index (χ2v) is 6.09. The third-order valence-electron chi connectivity index (χ3n) is 4.56. The van der Waals surface area contributed by atoms with Gasteiger partial charge < -0.3 is 14.6 Å². The summed E-state index contributed by atoms with van der Waals surface area (Å²) in [5.74, 6) is 0.898. The fraction of sp³-hybridized carbons (Fsp3) is 0.316. The van der Waals surface area contributed by atoms with E-state index in [1.54, 1.807) is 6.33 Å².